The summed E-state index contributed by atoms with van der Waals surface area (Å²) in [5.74, 6) is -0.186. The molecule has 1 fully saturated rings. The predicted molar refractivity (Wildman–Crippen MR) is 55.0 cm³/mol. The van der Waals surface area contributed by atoms with Gasteiger partial charge in [-0.25, -0.2) is 5.10 Å². The van der Waals surface area contributed by atoms with E-state index in [1.165, 1.54) is 12.1 Å². The highest BCUT2D eigenvalue weighted by Crippen LogP contribution is 2.16. The van der Waals surface area contributed by atoms with Crippen LogP contribution in [0.5, 0.6) is 0 Å². The lowest BCUT2D eigenvalue weighted by Gasteiger charge is -2.13. The van der Waals surface area contributed by atoms with Gasteiger partial charge in [-0.05, 0) is 12.5 Å². The van der Waals surface area contributed by atoms with Crippen LogP contribution in [0.4, 0.5) is 0 Å². The fourth-order valence-corrected chi connectivity index (χ4v) is 1.79. The molecule has 6 heteroatoms. The van der Waals surface area contributed by atoms with Gasteiger partial charge in [0.05, 0.1) is 5.38 Å². The molecule has 1 amide bonds. The quantitative estimate of drug-likeness (QED) is 0.699. The molecule has 5 nitrogen and oxygen atoms in total. The van der Waals surface area contributed by atoms with Crippen molar-refractivity contribution in [2.45, 2.75) is 11.8 Å². The molecule has 0 bridgehead atoms. The van der Waals surface area contributed by atoms with Crippen LogP contribution >= 0.6 is 11.6 Å². The molecule has 0 spiro atoms. The zero-order chi connectivity index (χ0) is 10.8. The molecular formula is C9H10ClN3O2. The Balaban J connectivity index is 2.14. The fraction of sp³-hybridized carbons (Fsp3) is 0.444. The van der Waals surface area contributed by atoms with Crippen molar-refractivity contribution in [1.29, 1.82) is 0 Å². The summed E-state index contributed by atoms with van der Waals surface area (Å²) in [5, 5.41) is 5.93. The number of amides is 1. The average Bonchev–Trinajstić information content (AvgIpc) is 2.65. The number of nitrogens with zero attached hydrogens (tertiary/aromatic N) is 2. The van der Waals surface area contributed by atoms with E-state index in [2.05, 4.69) is 10.2 Å². The first kappa shape index (κ1) is 10.2. The fourth-order valence-electron chi connectivity index (χ4n) is 1.53. The van der Waals surface area contributed by atoms with E-state index in [0.717, 1.165) is 6.42 Å². The summed E-state index contributed by atoms with van der Waals surface area (Å²) in [7, 11) is 0. The van der Waals surface area contributed by atoms with Crippen LogP contribution in [0.2, 0.25) is 0 Å². The van der Waals surface area contributed by atoms with Gasteiger partial charge in [-0.2, -0.15) is 5.10 Å². The van der Waals surface area contributed by atoms with Gasteiger partial charge in [0, 0.05) is 19.2 Å². The van der Waals surface area contributed by atoms with E-state index in [-0.39, 0.29) is 22.5 Å². The summed E-state index contributed by atoms with van der Waals surface area (Å²) < 4.78 is 0. The van der Waals surface area contributed by atoms with Crippen LogP contribution in [0.25, 0.3) is 0 Å². The van der Waals surface area contributed by atoms with Crippen molar-refractivity contribution in [3.63, 3.8) is 0 Å². The number of alkyl halides is 1. The molecular weight excluding hydrogens is 218 g/mol. The van der Waals surface area contributed by atoms with E-state index < -0.39 is 0 Å². The largest absolute Gasteiger partial charge is 0.336 e. The number of rotatable bonds is 1. The number of halogens is 1. The average molecular weight is 228 g/mol. The van der Waals surface area contributed by atoms with Crippen LogP contribution < -0.4 is 5.56 Å². The van der Waals surface area contributed by atoms with E-state index in [4.69, 9.17) is 11.6 Å². The van der Waals surface area contributed by atoms with Crippen LogP contribution in [0.15, 0.2) is 16.9 Å². The molecule has 1 aliphatic rings. The van der Waals surface area contributed by atoms with Gasteiger partial charge in [0.15, 0.2) is 0 Å². The van der Waals surface area contributed by atoms with Gasteiger partial charge >= 0.3 is 0 Å². The number of carbonyl (C=O) groups excluding carboxylic acids is 1. The Morgan fingerprint density at radius 2 is 2.40 bits per heavy atom. The molecule has 1 aliphatic heterocycles. The molecule has 1 saturated heterocycles. The number of likely N-dealkylation sites (tertiary alicyclic amines) is 1. The monoisotopic (exact) mass is 227 g/mol. The maximum Gasteiger partial charge on any atom is 0.274 e. The standard InChI is InChI=1S/C9H10ClN3O2/c10-6-3-4-13(5-6)9(15)7-1-2-8(14)12-11-7/h1-2,6H,3-5H2,(H,12,14). The second-order valence-electron chi connectivity index (χ2n) is 3.44. The molecule has 0 saturated carbocycles. The van der Waals surface area contributed by atoms with Gasteiger partial charge in [0.1, 0.15) is 5.69 Å². The molecule has 1 atom stereocenters. The van der Waals surface area contributed by atoms with Crippen LogP contribution in [0, 0.1) is 0 Å². The van der Waals surface area contributed by atoms with Crippen LogP contribution in [0.1, 0.15) is 16.9 Å². The maximum absolute atomic E-state index is 11.8. The first-order valence-corrected chi connectivity index (χ1v) is 5.09. The molecule has 0 radical (unpaired) electrons. The summed E-state index contributed by atoms with van der Waals surface area (Å²) >= 11 is 5.89. The zero-order valence-corrected chi connectivity index (χ0v) is 8.70. The van der Waals surface area contributed by atoms with Crippen molar-refractivity contribution >= 4 is 17.5 Å². The van der Waals surface area contributed by atoms with Crippen molar-refractivity contribution in [3.05, 3.63) is 28.2 Å². The number of carbonyl (C=O) groups is 1. The molecule has 1 aromatic heterocycles. The Bertz CT molecular complexity index is 411. The second-order valence-corrected chi connectivity index (χ2v) is 4.06. The van der Waals surface area contributed by atoms with Gasteiger partial charge < -0.3 is 4.90 Å². The van der Waals surface area contributed by atoms with Crippen LogP contribution in [-0.4, -0.2) is 39.5 Å². The number of hydrogen-bond donors (Lipinski definition) is 1. The van der Waals surface area contributed by atoms with E-state index in [1.54, 1.807) is 4.90 Å². The third kappa shape index (κ3) is 2.18. The van der Waals surface area contributed by atoms with Gasteiger partial charge in [0.25, 0.3) is 11.5 Å². The normalized spacial score (nSPS) is 20.6. The minimum Gasteiger partial charge on any atom is -0.336 e. The number of aromatic amines is 1. The van der Waals surface area contributed by atoms with Gasteiger partial charge in [-0.3, -0.25) is 9.59 Å². The van der Waals surface area contributed by atoms with E-state index in [0.29, 0.717) is 13.1 Å². The lowest BCUT2D eigenvalue weighted by Crippen LogP contribution is -2.30. The molecule has 0 aromatic carbocycles. The van der Waals surface area contributed by atoms with Crippen molar-refractivity contribution < 1.29 is 4.79 Å². The molecule has 0 aliphatic carbocycles. The van der Waals surface area contributed by atoms with Crippen molar-refractivity contribution in [1.82, 2.24) is 15.1 Å². The van der Waals surface area contributed by atoms with Crippen molar-refractivity contribution in [2.75, 3.05) is 13.1 Å². The third-order valence-corrected chi connectivity index (χ3v) is 2.67. The van der Waals surface area contributed by atoms with E-state index in [9.17, 15) is 9.59 Å². The summed E-state index contributed by atoms with van der Waals surface area (Å²) in [4.78, 5) is 24.2. The zero-order valence-electron chi connectivity index (χ0n) is 7.94. The van der Waals surface area contributed by atoms with Crippen molar-refractivity contribution in [2.24, 2.45) is 0 Å². The Morgan fingerprint density at radius 3 is 2.93 bits per heavy atom. The Kier molecular flexibility index (Phi) is 2.73. The molecule has 1 N–H and O–H groups in total. The minimum atomic E-state index is -0.316. The predicted octanol–water partition coefficient (Wildman–Crippen LogP) is 0.223. The number of H-pyrrole nitrogens is 1. The smallest absolute Gasteiger partial charge is 0.274 e. The lowest BCUT2D eigenvalue weighted by atomic mass is 10.3. The SMILES string of the molecule is O=C(c1ccc(=O)[nH]n1)N1CCC(Cl)C1. The highest BCUT2D eigenvalue weighted by Gasteiger charge is 2.26. The van der Waals surface area contributed by atoms with Crippen LogP contribution in [-0.2, 0) is 0 Å². The summed E-state index contributed by atoms with van der Waals surface area (Å²) in [6, 6.07) is 2.71. The Hall–Kier alpha value is -1.36. The summed E-state index contributed by atoms with van der Waals surface area (Å²) in [6.45, 7) is 1.19. The molecule has 15 heavy (non-hydrogen) atoms. The Labute approximate surface area is 91.0 Å². The third-order valence-electron chi connectivity index (χ3n) is 2.32. The van der Waals surface area contributed by atoms with Gasteiger partial charge in [-0.1, -0.05) is 0 Å². The molecule has 1 unspecified atom stereocenters. The van der Waals surface area contributed by atoms with E-state index in [1.807, 2.05) is 0 Å². The number of hydrogen-bond acceptors (Lipinski definition) is 3. The molecule has 80 valence electrons. The number of aromatic nitrogens is 2. The van der Waals surface area contributed by atoms with Crippen LogP contribution in [0.3, 0.4) is 0 Å². The molecule has 1 aromatic rings. The Morgan fingerprint density at radius 1 is 1.60 bits per heavy atom. The van der Waals surface area contributed by atoms with Crippen molar-refractivity contribution in [3.8, 4) is 0 Å². The summed E-state index contributed by atoms with van der Waals surface area (Å²) in [5.41, 5.74) is -0.0661. The topological polar surface area (TPSA) is 66.1 Å². The number of nitrogens with one attached hydrogen (secondary N) is 1. The maximum atomic E-state index is 11.8. The minimum absolute atomic E-state index is 0.0247. The summed E-state index contributed by atoms with van der Waals surface area (Å²) in [6.07, 6.45) is 0.802. The highest BCUT2D eigenvalue weighted by atomic mass is 35.5. The first-order valence-electron chi connectivity index (χ1n) is 4.66. The first-order chi connectivity index (χ1) is 7.16. The molecule has 2 rings (SSSR count). The molecule has 2 heterocycles. The second kappa shape index (κ2) is 4.02. The highest BCUT2D eigenvalue weighted by molar-refractivity contribution is 6.21. The van der Waals surface area contributed by atoms with Gasteiger partial charge in [-0.15, -0.1) is 11.6 Å². The van der Waals surface area contributed by atoms with E-state index >= 15 is 0 Å². The lowest BCUT2D eigenvalue weighted by molar-refractivity contribution is 0.0786. The van der Waals surface area contributed by atoms with Gasteiger partial charge in [0.2, 0.25) is 0 Å².